The van der Waals surface area contributed by atoms with Crippen molar-refractivity contribution in [3.63, 3.8) is 0 Å². The van der Waals surface area contributed by atoms with Crippen molar-refractivity contribution in [3.8, 4) is 0 Å². The minimum absolute atomic E-state index is 0.0866. The fourth-order valence-electron chi connectivity index (χ4n) is 3.93. The van der Waals surface area contributed by atoms with Crippen molar-refractivity contribution in [2.45, 2.75) is 41.4 Å². The third kappa shape index (κ3) is 4.65. The molecule has 1 aromatic carbocycles. The molecule has 3 aliphatic rings. The van der Waals surface area contributed by atoms with Crippen molar-refractivity contribution in [3.05, 3.63) is 36.7 Å². The smallest absolute Gasteiger partial charge is 0.227 e. The Kier molecular flexibility index (Phi) is 5.17. The fraction of sp³-hybridized carbons (Fsp3) is 0.409. The zero-order valence-corrected chi connectivity index (χ0v) is 19.3. The lowest BCUT2D eigenvalue weighted by molar-refractivity contribution is -0.117. The molecule has 0 spiro atoms. The molecule has 0 radical (unpaired) electrons. The molecule has 1 aliphatic heterocycles. The van der Waals surface area contributed by atoms with Gasteiger partial charge in [-0.25, -0.2) is 19.3 Å². The van der Waals surface area contributed by atoms with Gasteiger partial charge in [0.25, 0.3) is 0 Å². The van der Waals surface area contributed by atoms with Crippen LogP contribution < -0.4 is 15.5 Å². The molecule has 3 heterocycles. The second-order valence-electron chi connectivity index (χ2n) is 8.82. The van der Waals surface area contributed by atoms with Gasteiger partial charge in [0.1, 0.15) is 23.6 Å². The number of aromatic nitrogens is 4. The number of carbonyl (C=O) groups excluding carboxylic acids is 1. The lowest BCUT2D eigenvalue weighted by Gasteiger charge is -2.45. The minimum Gasteiger partial charge on any atom is -0.350 e. The summed E-state index contributed by atoms with van der Waals surface area (Å²) in [4.78, 5) is 28.3. The average molecular weight is 484 g/mol. The van der Waals surface area contributed by atoms with Gasteiger partial charge in [-0.05, 0) is 67.6 Å². The van der Waals surface area contributed by atoms with Gasteiger partial charge in [0.2, 0.25) is 11.0 Å². The van der Waals surface area contributed by atoms with E-state index in [2.05, 4.69) is 25.0 Å². The Morgan fingerprint density at radius 1 is 1.15 bits per heavy atom. The number of halogens is 1. The number of nitrogens with zero attached hydrogens (tertiary/aromatic N) is 5. The van der Waals surface area contributed by atoms with Gasteiger partial charge in [0, 0.05) is 34.1 Å². The molecule has 1 saturated heterocycles. The highest BCUT2D eigenvalue weighted by Gasteiger charge is 2.54. The first-order valence-electron chi connectivity index (χ1n) is 11.0. The summed E-state index contributed by atoms with van der Waals surface area (Å²) in [6.45, 7) is 0.735. The maximum Gasteiger partial charge on any atom is 0.227 e. The van der Waals surface area contributed by atoms with Crippen molar-refractivity contribution in [1.82, 2.24) is 19.3 Å². The zero-order chi connectivity index (χ0) is 22.4. The third-order valence-corrected chi connectivity index (χ3v) is 7.56. The normalized spacial score (nSPS) is 19.1. The summed E-state index contributed by atoms with van der Waals surface area (Å²) in [7, 11) is 0. The first-order chi connectivity index (χ1) is 16.0. The molecule has 0 unspecified atom stereocenters. The van der Waals surface area contributed by atoms with Crippen molar-refractivity contribution < 1.29 is 9.18 Å². The molecular weight excluding hydrogens is 461 g/mol. The summed E-state index contributed by atoms with van der Waals surface area (Å²) in [5, 5.41) is 7.30. The van der Waals surface area contributed by atoms with E-state index in [1.807, 2.05) is 35.2 Å². The SMILES string of the molecule is O=C(Nc1ccc(Sc2nc(Nc3ncns3)cc(N3CC(F)(C4CC4)C3)n2)cc1)C1CC1. The molecule has 2 aromatic heterocycles. The number of rotatable bonds is 8. The van der Waals surface area contributed by atoms with Gasteiger partial charge in [0.15, 0.2) is 5.16 Å². The van der Waals surface area contributed by atoms with E-state index in [0.29, 0.717) is 35.0 Å². The quantitative estimate of drug-likeness (QED) is 0.452. The maximum atomic E-state index is 14.9. The first-order valence-corrected chi connectivity index (χ1v) is 12.6. The van der Waals surface area contributed by atoms with Gasteiger partial charge in [-0.3, -0.25) is 4.79 Å². The van der Waals surface area contributed by atoms with E-state index in [4.69, 9.17) is 4.98 Å². The van der Waals surface area contributed by atoms with Crippen LogP contribution >= 0.6 is 23.3 Å². The first kappa shape index (κ1) is 20.8. The van der Waals surface area contributed by atoms with E-state index >= 15 is 0 Å². The molecule has 2 N–H and O–H groups in total. The van der Waals surface area contributed by atoms with Crippen molar-refractivity contribution in [2.24, 2.45) is 11.8 Å². The second-order valence-corrected chi connectivity index (χ2v) is 10.6. The number of amides is 1. The van der Waals surface area contributed by atoms with Crippen LogP contribution in [0.3, 0.4) is 0 Å². The van der Waals surface area contributed by atoms with Crippen molar-refractivity contribution >= 4 is 51.7 Å². The average Bonchev–Trinajstić information content (AvgIpc) is 3.71. The van der Waals surface area contributed by atoms with Crippen LogP contribution in [0.4, 0.5) is 26.8 Å². The summed E-state index contributed by atoms with van der Waals surface area (Å²) < 4.78 is 18.9. The predicted molar refractivity (Wildman–Crippen MR) is 126 cm³/mol. The summed E-state index contributed by atoms with van der Waals surface area (Å²) >= 11 is 2.66. The molecule has 3 fully saturated rings. The topological polar surface area (TPSA) is 95.9 Å². The predicted octanol–water partition coefficient (Wildman–Crippen LogP) is 4.51. The molecule has 2 aliphatic carbocycles. The molecule has 8 nitrogen and oxygen atoms in total. The second kappa shape index (κ2) is 8.21. The highest BCUT2D eigenvalue weighted by molar-refractivity contribution is 7.99. The Morgan fingerprint density at radius 2 is 1.94 bits per heavy atom. The van der Waals surface area contributed by atoms with Gasteiger partial charge in [-0.1, -0.05) is 0 Å². The Labute approximate surface area is 198 Å². The summed E-state index contributed by atoms with van der Waals surface area (Å²) in [5.41, 5.74) is -0.310. The molecule has 1 amide bonds. The Balaban J connectivity index is 1.20. The van der Waals surface area contributed by atoms with Crippen molar-refractivity contribution in [2.75, 3.05) is 28.6 Å². The minimum atomic E-state index is -1.09. The molecule has 170 valence electrons. The van der Waals surface area contributed by atoms with Gasteiger partial charge in [-0.2, -0.15) is 4.37 Å². The van der Waals surface area contributed by atoms with E-state index in [1.54, 1.807) is 0 Å². The van der Waals surface area contributed by atoms with Gasteiger partial charge >= 0.3 is 0 Å². The van der Waals surface area contributed by atoms with E-state index in [1.165, 1.54) is 29.6 Å². The number of anilines is 4. The van der Waals surface area contributed by atoms with Crippen LogP contribution in [0.5, 0.6) is 0 Å². The van der Waals surface area contributed by atoms with Crippen LogP contribution in [0.15, 0.2) is 46.7 Å². The molecule has 6 rings (SSSR count). The largest absolute Gasteiger partial charge is 0.350 e. The van der Waals surface area contributed by atoms with E-state index in [-0.39, 0.29) is 17.7 Å². The lowest BCUT2D eigenvalue weighted by atomic mass is 9.91. The van der Waals surface area contributed by atoms with Crippen molar-refractivity contribution in [1.29, 1.82) is 0 Å². The van der Waals surface area contributed by atoms with E-state index in [0.717, 1.165) is 36.3 Å². The monoisotopic (exact) mass is 483 g/mol. The molecule has 11 heteroatoms. The van der Waals surface area contributed by atoms with Crippen LogP contribution in [0, 0.1) is 11.8 Å². The molecular formula is C22H22FN7OS2. The highest BCUT2D eigenvalue weighted by Crippen LogP contribution is 2.48. The molecule has 0 bridgehead atoms. The van der Waals surface area contributed by atoms with Crippen LogP contribution in [-0.2, 0) is 4.79 Å². The lowest BCUT2D eigenvalue weighted by Crippen LogP contribution is -2.60. The standard InChI is InChI=1S/C22H22FN7OS2/c23-22(14-3-4-14)10-30(11-22)18-9-17(27-20-24-12-25-33-20)28-21(29-18)32-16-7-5-15(6-8-16)26-19(31)13-1-2-13/h5-9,12-14H,1-4,10-11H2,(H,26,31)(H,24,25,27,28,29). The zero-order valence-electron chi connectivity index (χ0n) is 17.7. The molecule has 3 aromatic rings. The third-order valence-electron chi connectivity index (χ3n) is 6.11. The number of alkyl halides is 1. The highest BCUT2D eigenvalue weighted by atomic mass is 32.2. The number of benzene rings is 1. The number of hydrogen-bond donors (Lipinski definition) is 2. The number of hydrogen-bond acceptors (Lipinski definition) is 9. The van der Waals surface area contributed by atoms with Gasteiger partial charge < -0.3 is 15.5 Å². The van der Waals surface area contributed by atoms with E-state index in [9.17, 15) is 9.18 Å². The summed E-state index contributed by atoms with van der Waals surface area (Å²) in [6, 6.07) is 9.47. The van der Waals surface area contributed by atoms with Crippen LogP contribution in [-0.4, -0.2) is 44.0 Å². The van der Waals surface area contributed by atoms with E-state index < -0.39 is 5.67 Å². The fourth-order valence-corrected chi connectivity index (χ4v) is 5.14. The molecule has 0 atom stereocenters. The van der Waals surface area contributed by atoms with Gasteiger partial charge in [-0.15, -0.1) is 0 Å². The Bertz CT molecular complexity index is 1160. The van der Waals surface area contributed by atoms with Crippen LogP contribution in [0.1, 0.15) is 25.7 Å². The Hall–Kier alpha value is -2.79. The Morgan fingerprint density at radius 3 is 2.61 bits per heavy atom. The summed E-state index contributed by atoms with van der Waals surface area (Å²) in [6.07, 6.45) is 5.40. The van der Waals surface area contributed by atoms with Crippen LogP contribution in [0.25, 0.3) is 0 Å². The maximum absolute atomic E-state index is 14.9. The summed E-state index contributed by atoms with van der Waals surface area (Å²) in [5.74, 6) is 1.74. The number of nitrogens with one attached hydrogen (secondary N) is 2. The van der Waals surface area contributed by atoms with Crippen LogP contribution in [0.2, 0.25) is 0 Å². The number of carbonyl (C=O) groups is 1. The van der Waals surface area contributed by atoms with Gasteiger partial charge in [0.05, 0.1) is 13.1 Å². The molecule has 33 heavy (non-hydrogen) atoms. The molecule has 2 saturated carbocycles.